The quantitative estimate of drug-likeness (QED) is 0.882. The molecule has 1 aliphatic rings. The molecule has 0 bridgehead atoms. The summed E-state index contributed by atoms with van der Waals surface area (Å²) in [6.07, 6.45) is 6.05. The first-order valence-electron chi connectivity index (χ1n) is 6.96. The SMILES string of the molecule is Cc1[nH]ncc1C(=O)N(C)C1(CC(=O)O)CCCCC1. The number of carboxylic acids is 1. The van der Waals surface area contributed by atoms with Gasteiger partial charge in [-0.25, -0.2) is 0 Å². The Kier molecular flexibility index (Phi) is 4.11. The predicted octanol–water partition coefficient (Wildman–Crippen LogP) is 1.97. The van der Waals surface area contributed by atoms with Gasteiger partial charge in [0.1, 0.15) is 0 Å². The number of carbonyl (C=O) groups is 2. The number of H-pyrrole nitrogens is 1. The lowest BCUT2D eigenvalue weighted by atomic mass is 9.78. The zero-order valence-corrected chi connectivity index (χ0v) is 12.0. The molecule has 6 nitrogen and oxygen atoms in total. The second kappa shape index (κ2) is 5.64. The number of hydrogen-bond donors (Lipinski definition) is 2. The van der Waals surface area contributed by atoms with Crippen LogP contribution in [0.25, 0.3) is 0 Å². The molecule has 0 spiro atoms. The molecule has 1 fully saturated rings. The molecular formula is C14H21N3O3. The molecule has 1 aliphatic carbocycles. The van der Waals surface area contributed by atoms with Crippen molar-refractivity contribution in [1.29, 1.82) is 0 Å². The minimum Gasteiger partial charge on any atom is -0.481 e. The van der Waals surface area contributed by atoms with Crippen LogP contribution in [-0.4, -0.2) is 44.7 Å². The van der Waals surface area contributed by atoms with Crippen molar-refractivity contribution >= 4 is 11.9 Å². The van der Waals surface area contributed by atoms with E-state index < -0.39 is 11.5 Å². The summed E-state index contributed by atoms with van der Waals surface area (Å²) in [4.78, 5) is 25.4. The lowest BCUT2D eigenvalue weighted by Crippen LogP contribution is -2.52. The van der Waals surface area contributed by atoms with E-state index in [2.05, 4.69) is 10.2 Å². The van der Waals surface area contributed by atoms with E-state index >= 15 is 0 Å². The predicted molar refractivity (Wildman–Crippen MR) is 73.5 cm³/mol. The summed E-state index contributed by atoms with van der Waals surface area (Å²) in [6.45, 7) is 1.79. The molecule has 1 heterocycles. The van der Waals surface area contributed by atoms with Crippen molar-refractivity contribution in [3.8, 4) is 0 Å². The first-order chi connectivity index (χ1) is 9.46. The average Bonchev–Trinajstić information content (AvgIpc) is 2.83. The van der Waals surface area contributed by atoms with Gasteiger partial charge in [-0.05, 0) is 19.8 Å². The minimum atomic E-state index is -0.851. The van der Waals surface area contributed by atoms with Gasteiger partial charge in [0, 0.05) is 12.7 Å². The highest BCUT2D eigenvalue weighted by atomic mass is 16.4. The topological polar surface area (TPSA) is 86.3 Å². The van der Waals surface area contributed by atoms with Crippen molar-refractivity contribution in [3.63, 3.8) is 0 Å². The van der Waals surface area contributed by atoms with Crippen LogP contribution in [0, 0.1) is 6.92 Å². The molecule has 6 heteroatoms. The molecule has 2 N–H and O–H groups in total. The Morgan fingerprint density at radius 3 is 2.55 bits per heavy atom. The number of aromatic amines is 1. The van der Waals surface area contributed by atoms with Crippen LogP contribution in [0.3, 0.4) is 0 Å². The van der Waals surface area contributed by atoms with E-state index in [0.717, 1.165) is 32.1 Å². The Bertz CT molecular complexity index is 504. The third-order valence-corrected chi connectivity index (χ3v) is 4.34. The van der Waals surface area contributed by atoms with Crippen LogP contribution < -0.4 is 0 Å². The van der Waals surface area contributed by atoms with Crippen molar-refractivity contribution in [2.75, 3.05) is 7.05 Å². The second-order valence-corrected chi connectivity index (χ2v) is 5.63. The summed E-state index contributed by atoms with van der Waals surface area (Å²) in [7, 11) is 1.71. The first-order valence-corrected chi connectivity index (χ1v) is 6.96. The summed E-state index contributed by atoms with van der Waals surface area (Å²) >= 11 is 0. The van der Waals surface area contributed by atoms with Gasteiger partial charge in [-0.1, -0.05) is 19.3 Å². The lowest BCUT2D eigenvalue weighted by molar-refractivity contribution is -0.140. The molecule has 0 radical (unpaired) electrons. The van der Waals surface area contributed by atoms with Gasteiger partial charge in [0.25, 0.3) is 5.91 Å². The number of nitrogens with zero attached hydrogens (tertiary/aromatic N) is 2. The van der Waals surface area contributed by atoms with Crippen LogP contribution in [0.4, 0.5) is 0 Å². The fourth-order valence-electron chi connectivity index (χ4n) is 3.08. The van der Waals surface area contributed by atoms with Gasteiger partial charge in [0.2, 0.25) is 0 Å². The van der Waals surface area contributed by atoms with Gasteiger partial charge < -0.3 is 10.0 Å². The van der Waals surface area contributed by atoms with Crippen LogP contribution in [0.1, 0.15) is 54.6 Å². The Balaban J connectivity index is 2.26. The fraction of sp³-hybridized carbons (Fsp3) is 0.643. The highest BCUT2D eigenvalue weighted by Crippen LogP contribution is 2.36. The van der Waals surface area contributed by atoms with Crippen LogP contribution in [0.15, 0.2) is 6.20 Å². The van der Waals surface area contributed by atoms with Crippen molar-refractivity contribution in [2.45, 2.75) is 51.0 Å². The molecule has 1 aromatic heterocycles. The number of aryl methyl sites for hydroxylation is 1. The maximum Gasteiger partial charge on any atom is 0.305 e. The minimum absolute atomic E-state index is 0.00609. The number of hydrogen-bond acceptors (Lipinski definition) is 3. The van der Waals surface area contributed by atoms with Gasteiger partial charge in [-0.2, -0.15) is 5.10 Å². The van der Waals surface area contributed by atoms with Gasteiger partial charge in [-0.3, -0.25) is 14.7 Å². The number of carbonyl (C=O) groups excluding carboxylic acids is 1. The largest absolute Gasteiger partial charge is 0.481 e. The number of aliphatic carboxylic acids is 1. The van der Waals surface area contributed by atoms with Crippen LogP contribution in [0.2, 0.25) is 0 Å². The zero-order chi connectivity index (χ0) is 14.8. The van der Waals surface area contributed by atoms with Crippen molar-refractivity contribution in [2.24, 2.45) is 0 Å². The summed E-state index contributed by atoms with van der Waals surface area (Å²) in [5.74, 6) is -1.00. The highest BCUT2D eigenvalue weighted by molar-refractivity contribution is 5.95. The maximum absolute atomic E-state index is 12.6. The first kappa shape index (κ1) is 14.6. The van der Waals surface area contributed by atoms with E-state index in [9.17, 15) is 14.7 Å². The molecule has 110 valence electrons. The molecule has 0 saturated heterocycles. The average molecular weight is 279 g/mol. The van der Waals surface area contributed by atoms with Crippen molar-refractivity contribution in [3.05, 3.63) is 17.5 Å². The molecular weight excluding hydrogens is 258 g/mol. The van der Waals surface area contributed by atoms with Crippen molar-refractivity contribution in [1.82, 2.24) is 15.1 Å². The molecule has 1 saturated carbocycles. The zero-order valence-electron chi connectivity index (χ0n) is 12.0. The molecule has 0 unspecified atom stereocenters. The Hall–Kier alpha value is -1.85. The van der Waals surface area contributed by atoms with Crippen LogP contribution in [0.5, 0.6) is 0 Å². The monoisotopic (exact) mass is 279 g/mol. The normalized spacial score (nSPS) is 17.7. The van der Waals surface area contributed by atoms with E-state index in [1.54, 1.807) is 18.9 Å². The molecule has 0 aliphatic heterocycles. The van der Waals surface area contributed by atoms with Crippen LogP contribution >= 0.6 is 0 Å². The summed E-state index contributed by atoms with van der Waals surface area (Å²) < 4.78 is 0. The van der Waals surface area contributed by atoms with E-state index in [4.69, 9.17) is 0 Å². The number of nitrogens with one attached hydrogen (secondary N) is 1. The van der Waals surface area contributed by atoms with Gasteiger partial charge in [0.15, 0.2) is 0 Å². The van der Waals surface area contributed by atoms with E-state index in [-0.39, 0.29) is 12.3 Å². The number of carboxylic acid groups (broad SMARTS) is 1. The number of amides is 1. The smallest absolute Gasteiger partial charge is 0.305 e. The fourth-order valence-corrected chi connectivity index (χ4v) is 3.08. The molecule has 0 atom stereocenters. The highest BCUT2D eigenvalue weighted by Gasteiger charge is 2.41. The summed E-state index contributed by atoms with van der Waals surface area (Å²) in [5, 5.41) is 15.8. The molecule has 1 amide bonds. The number of rotatable bonds is 4. The lowest BCUT2D eigenvalue weighted by Gasteiger charge is -2.43. The molecule has 2 rings (SSSR count). The maximum atomic E-state index is 12.6. The molecule has 0 aromatic carbocycles. The van der Waals surface area contributed by atoms with Gasteiger partial charge in [-0.15, -0.1) is 0 Å². The molecule has 1 aromatic rings. The Morgan fingerprint density at radius 1 is 1.40 bits per heavy atom. The van der Waals surface area contributed by atoms with E-state index in [1.807, 2.05) is 0 Å². The molecule has 20 heavy (non-hydrogen) atoms. The Labute approximate surface area is 118 Å². The third-order valence-electron chi connectivity index (χ3n) is 4.34. The summed E-state index contributed by atoms with van der Waals surface area (Å²) in [6, 6.07) is 0. The van der Waals surface area contributed by atoms with Gasteiger partial charge >= 0.3 is 5.97 Å². The van der Waals surface area contributed by atoms with E-state index in [0.29, 0.717) is 11.3 Å². The van der Waals surface area contributed by atoms with E-state index in [1.165, 1.54) is 6.20 Å². The van der Waals surface area contributed by atoms with Gasteiger partial charge in [0.05, 0.1) is 23.7 Å². The third kappa shape index (κ3) is 2.69. The standard InChI is InChI=1S/C14H21N3O3/c1-10-11(9-15-16-10)13(20)17(2)14(8-12(18)19)6-4-3-5-7-14/h9H,3-8H2,1-2H3,(H,15,16)(H,18,19). The van der Waals surface area contributed by atoms with Crippen molar-refractivity contribution < 1.29 is 14.7 Å². The van der Waals surface area contributed by atoms with Crippen LogP contribution in [-0.2, 0) is 4.79 Å². The second-order valence-electron chi connectivity index (χ2n) is 5.63. The summed E-state index contributed by atoms with van der Waals surface area (Å²) in [5.41, 5.74) is 0.663. The number of aromatic nitrogens is 2. The Morgan fingerprint density at radius 2 is 2.05 bits per heavy atom.